The molecule has 0 heterocycles. The highest BCUT2D eigenvalue weighted by molar-refractivity contribution is 8.22. The number of sulfonamides is 1. The molecule has 0 aliphatic carbocycles. The van der Waals surface area contributed by atoms with Crippen molar-refractivity contribution in [1.29, 1.82) is 0 Å². The SMILES string of the molecule is CSC(=S)NNS(=O)(=O)c1ccccc1. The Kier molecular flexibility index (Phi) is 4.52. The van der Waals surface area contributed by atoms with E-state index < -0.39 is 10.0 Å². The van der Waals surface area contributed by atoms with Gasteiger partial charge in [0.15, 0.2) is 0 Å². The van der Waals surface area contributed by atoms with E-state index in [-0.39, 0.29) is 4.90 Å². The van der Waals surface area contributed by atoms with Crippen LogP contribution in [0, 0.1) is 0 Å². The third-order valence-corrected chi connectivity index (χ3v) is 3.86. The zero-order chi connectivity index (χ0) is 11.3. The van der Waals surface area contributed by atoms with Gasteiger partial charge in [-0.1, -0.05) is 42.2 Å². The van der Waals surface area contributed by atoms with Gasteiger partial charge in [-0.05, 0) is 18.4 Å². The fraction of sp³-hybridized carbons (Fsp3) is 0.125. The zero-order valence-electron chi connectivity index (χ0n) is 7.93. The summed E-state index contributed by atoms with van der Waals surface area (Å²) in [7, 11) is -3.53. The van der Waals surface area contributed by atoms with Crippen molar-refractivity contribution >= 4 is 38.3 Å². The van der Waals surface area contributed by atoms with E-state index >= 15 is 0 Å². The van der Waals surface area contributed by atoms with Crippen LogP contribution in [0.15, 0.2) is 35.2 Å². The Bertz CT molecular complexity index is 430. The van der Waals surface area contributed by atoms with Crippen LogP contribution in [-0.4, -0.2) is 19.0 Å². The number of hydrogen-bond acceptors (Lipinski definition) is 4. The number of rotatable bonds is 3. The van der Waals surface area contributed by atoms with Crippen LogP contribution in [0.4, 0.5) is 0 Å². The Hall–Kier alpha value is -0.630. The molecule has 1 aromatic carbocycles. The van der Waals surface area contributed by atoms with Crippen molar-refractivity contribution in [2.75, 3.05) is 6.26 Å². The third kappa shape index (κ3) is 3.78. The third-order valence-electron chi connectivity index (χ3n) is 1.53. The Morgan fingerprint density at radius 2 is 1.93 bits per heavy atom. The molecule has 1 aromatic rings. The molecule has 0 spiro atoms. The quantitative estimate of drug-likeness (QED) is 0.631. The number of thiocarbonyl (C=S) groups is 1. The van der Waals surface area contributed by atoms with E-state index in [1.807, 2.05) is 0 Å². The molecular formula is C8H10N2O2S3. The number of hydrazine groups is 1. The standard InChI is InChI=1S/C8H10N2O2S3/c1-14-8(13)9-10-15(11,12)7-5-3-2-4-6-7/h2-6,10H,1H3,(H,9,13). The predicted molar refractivity (Wildman–Crippen MR) is 66.0 cm³/mol. The summed E-state index contributed by atoms with van der Waals surface area (Å²) in [5.41, 5.74) is 2.43. The van der Waals surface area contributed by atoms with Gasteiger partial charge >= 0.3 is 0 Å². The van der Waals surface area contributed by atoms with Crippen molar-refractivity contribution in [3.05, 3.63) is 30.3 Å². The molecule has 4 nitrogen and oxygen atoms in total. The molecule has 0 aromatic heterocycles. The first-order chi connectivity index (χ1) is 7.06. The summed E-state index contributed by atoms with van der Waals surface area (Å²) in [5, 5.41) is 0. The predicted octanol–water partition coefficient (Wildman–Crippen LogP) is 1.12. The van der Waals surface area contributed by atoms with Gasteiger partial charge in [0.25, 0.3) is 10.0 Å². The minimum atomic E-state index is -3.53. The second-order valence-electron chi connectivity index (χ2n) is 2.54. The molecule has 0 fully saturated rings. The normalized spacial score (nSPS) is 11.0. The minimum absolute atomic E-state index is 0.196. The highest BCUT2D eigenvalue weighted by atomic mass is 32.2. The first-order valence-electron chi connectivity index (χ1n) is 3.97. The van der Waals surface area contributed by atoms with Crippen LogP contribution in [0.25, 0.3) is 0 Å². The van der Waals surface area contributed by atoms with E-state index in [1.165, 1.54) is 23.9 Å². The first kappa shape index (κ1) is 12.4. The summed E-state index contributed by atoms with van der Waals surface area (Å²) < 4.78 is 23.6. The van der Waals surface area contributed by atoms with Crippen LogP contribution in [0.3, 0.4) is 0 Å². The lowest BCUT2D eigenvalue weighted by Gasteiger charge is -2.08. The summed E-state index contributed by atoms with van der Waals surface area (Å²) in [6, 6.07) is 8.07. The number of nitrogens with one attached hydrogen (secondary N) is 2. The molecule has 82 valence electrons. The van der Waals surface area contributed by atoms with Crippen LogP contribution in [0.1, 0.15) is 0 Å². The molecule has 0 saturated heterocycles. The summed E-state index contributed by atoms with van der Waals surface area (Å²) in [6.45, 7) is 0. The van der Waals surface area contributed by atoms with E-state index in [2.05, 4.69) is 10.3 Å². The monoisotopic (exact) mass is 262 g/mol. The summed E-state index contributed by atoms with van der Waals surface area (Å²) in [6.07, 6.45) is 1.76. The van der Waals surface area contributed by atoms with Crippen molar-refractivity contribution in [3.63, 3.8) is 0 Å². The fourth-order valence-corrected chi connectivity index (χ4v) is 2.02. The summed E-state index contributed by atoms with van der Waals surface area (Å²) >= 11 is 6.05. The molecular weight excluding hydrogens is 252 g/mol. The first-order valence-corrected chi connectivity index (χ1v) is 7.08. The van der Waals surface area contributed by atoms with Crippen molar-refractivity contribution < 1.29 is 8.42 Å². The van der Waals surface area contributed by atoms with Crippen molar-refractivity contribution in [3.8, 4) is 0 Å². The zero-order valence-corrected chi connectivity index (χ0v) is 10.4. The largest absolute Gasteiger partial charge is 0.293 e. The molecule has 2 N–H and O–H groups in total. The van der Waals surface area contributed by atoms with E-state index in [0.717, 1.165) is 0 Å². The Morgan fingerprint density at radius 3 is 2.47 bits per heavy atom. The van der Waals surface area contributed by atoms with Crippen LogP contribution >= 0.6 is 24.0 Å². The Morgan fingerprint density at radius 1 is 1.33 bits per heavy atom. The van der Waals surface area contributed by atoms with Crippen LogP contribution < -0.4 is 10.3 Å². The average Bonchev–Trinajstić information content (AvgIpc) is 2.27. The van der Waals surface area contributed by atoms with Gasteiger partial charge in [-0.15, -0.1) is 4.83 Å². The lowest BCUT2D eigenvalue weighted by atomic mass is 10.4. The lowest BCUT2D eigenvalue weighted by molar-refractivity contribution is 0.578. The lowest BCUT2D eigenvalue weighted by Crippen LogP contribution is -2.39. The molecule has 15 heavy (non-hydrogen) atoms. The Balaban J connectivity index is 2.73. The molecule has 0 amide bonds. The highest BCUT2D eigenvalue weighted by Crippen LogP contribution is 2.06. The van der Waals surface area contributed by atoms with Gasteiger partial charge in [0.2, 0.25) is 0 Å². The second kappa shape index (κ2) is 5.45. The fourth-order valence-electron chi connectivity index (χ4n) is 0.818. The maximum Gasteiger partial charge on any atom is 0.257 e. The van der Waals surface area contributed by atoms with Gasteiger partial charge in [0, 0.05) is 0 Å². The van der Waals surface area contributed by atoms with Gasteiger partial charge in [0.1, 0.15) is 4.32 Å². The molecule has 0 atom stereocenters. The maximum absolute atomic E-state index is 11.6. The molecule has 0 saturated carbocycles. The molecule has 7 heteroatoms. The van der Waals surface area contributed by atoms with Crippen molar-refractivity contribution in [1.82, 2.24) is 10.3 Å². The molecule has 0 aliphatic heterocycles. The minimum Gasteiger partial charge on any atom is -0.293 e. The van der Waals surface area contributed by atoms with E-state index in [9.17, 15) is 8.42 Å². The number of thioether (sulfide) groups is 1. The van der Waals surface area contributed by atoms with Crippen molar-refractivity contribution in [2.45, 2.75) is 4.90 Å². The van der Waals surface area contributed by atoms with Crippen LogP contribution in [-0.2, 0) is 10.0 Å². The molecule has 0 unspecified atom stereocenters. The van der Waals surface area contributed by atoms with Gasteiger partial charge in [-0.3, -0.25) is 5.43 Å². The maximum atomic E-state index is 11.6. The number of hydrogen-bond donors (Lipinski definition) is 2. The van der Waals surface area contributed by atoms with Crippen LogP contribution in [0.2, 0.25) is 0 Å². The van der Waals surface area contributed by atoms with E-state index in [0.29, 0.717) is 4.32 Å². The summed E-state index contributed by atoms with van der Waals surface area (Å²) in [4.78, 5) is 2.38. The van der Waals surface area contributed by atoms with Gasteiger partial charge in [0.05, 0.1) is 4.90 Å². The Labute approximate surface area is 98.5 Å². The molecule has 0 radical (unpaired) electrons. The van der Waals surface area contributed by atoms with E-state index in [1.54, 1.807) is 24.5 Å². The van der Waals surface area contributed by atoms with Gasteiger partial charge in [-0.2, -0.15) is 0 Å². The topological polar surface area (TPSA) is 58.2 Å². The van der Waals surface area contributed by atoms with Crippen molar-refractivity contribution in [2.24, 2.45) is 0 Å². The van der Waals surface area contributed by atoms with Crippen LogP contribution in [0.5, 0.6) is 0 Å². The summed E-state index contributed by atoms with van der Waals surface area (Å²) in [5.74, 6) is 0. The average molecular weight is 262 g/mol. The second-order valence-corrected chi connectivity index (χ2v) is 5.70. The molecule has 0 bridgehead atoms. The molecule has 0 aliphatic rings. The number of benzene rings is 1. The van der Waals surface area contributed by atoms with E-state index in [4.69, 9.17) is 12.2 Å². The highest BCUT2D eigenvalue weighted by Gasteiger charge is 2.12. The molecule has 1 rings (SSSR count). The van der Waals surface area contributed by atoms with Gasteiger partial charge < -0.3 is 0 Å². The smallest absolute Gasteiger partial charge is 0.257 e. The van der Waals surface area contributed by atoms with Gasteiger partial charge in [-0.25, -0.2) is 8.42 Å².